The lowest BCUT2D eigenvalue weighted by Gasteiger charge is -2.09. The van der Waals surface area contributed by atoms with Crippen molar-refractivity contribution in [3.05, 3.63) is 63.5 Å². The molecule has 0 spiro atoms. The molecule has 1 N–H and O–H groups in total. The summed E-state index contributed by atoms with van der Waals surface area (Å²) in [6.07, 6.45) is 1.49. The molecule has 3 aromatic rings. The second-order valence-electron chi connectivity index (χ2n) is 6.40. The summed E-state index contributed by atoms with van der Waals surface area (Å²) >= 11 is 7.29. The summed E-state index contributed by atoms with van der Waals surface area (Å²) < 4.78 is 10.8. The van der Waals surface area contributed by atoms with E-state index in [1.807, 2.05) is 32.0 Å². The highest BCUT2D eigenvalue weighted by atomic mass is 35.5. The van der Waals surface area contributed by atoms with Gasteiger partial charge in [0.2, 0.25) is 0 Å². The van der Waals surface area contributed by atoms with Crippen molar-refractivity contribution in [3.8, 4) is 28.8 Å². The zero-order chi connectivity index (χ0) is 22.4. The lowest BCUT2D eigenvalue weighted by Crippen LogP contribution is -2.13. The molecule has 0 unspecified atom stereocenters. The van der Waals surface area contributed by atoms with Gasteiger partial charge in [-0.2, -0.15) is 5.26 Å². The molecule has 2 aromatic carbocycles. The lowest BCUT2D eigenvalue weighted by molar-refractivity contribution is -0.112. The van der Waals surface area contributed by atoms with Crippen LogP contribution < -0.4 is 14.8 Å². The third-order valence-electron chi connectivity index (χ3n) is 4.30. The molecule has 31 heavy (non-hydrogen) atoms. The molecule has 1 aromatic heterocycles. The number of ether oxygens (including phenoxy) is 2. The number of methoxy groups -OCH3 is 1. The Kier molecular flexibility index (Phi) is 7.29. The molecule has 0 aliphatic rings. The van der Waals surface area contributed by atoms with Gasteiger partial charge in [-0.15, -0.1) is 11.3 Å². The van der Waals surface area contributed by atoms with Gasteiger partial charge in [0.25, 0.3) is 5.91 Å². The van der Waals surface area contributed by atoms with Gasteiger partial charge < -0.3 is 9.47 Å². The number of hydrogen-bond acceptors (Lipinski definition) is 6. The van der Waals surface area contributed by atoms with E-state index in [2.05, 4.69) is 10.3 Å². The first-order valence-corrected chi connectivity index (χ1v) is 10.6. The summed E-state index contributed by atoms with van der Waals surface area (Å²) in [7, 11) is 1.53. The summed E-state index contributed by atoms with van der Waals surface area (Å²) in [4.78, 5) is 18.1. The Bertz CT molecular complexity index is 1160. The topological polar surface area (TPSA) is 84.2 Å². The molecule has 6 nitrogen and oxygen atoms in total. The molecule has 1 amide bonds. The number of carbonyl (C=O) groups is 1. The van der Waals surface area contributed by atoms with Gasteiger partial charge in [-0.25, -0.2) is 4.98 Å². The van der Waals surface area contributed by atoms with Crippen molar-refractivity contribution < 1.29 is 14.3 Å². The van der Waals surface area contributed by atoms with Gasteiger partial charge in [0, 0.05) is 15.5 Å². The molecule has 0 radical (unpaired) electrons. The fraction of sp³-hybridized carbons (Fsp3) is 0.174. The highest BCUT2D eigenvalue weighted by molar-refractivity contribution is 7.16. The van der Waals surface area contributed by atoms with E-state index in [1.54, 1.807) is 30.3 Å². The van der Waals surface area contributed by atoms with Crippen molar-refractivity contribution in [1.82, 2.24) is 4.98 Å². The summed E-state index contributed by atoms with van der Waals surface area (Å²) in [5.74, 6) is 0.585. The summed E-state index contributed by atoms with van der Waals surface area (Å²) in [5, 5.41) is 13.3. The van der Waals surface area contributed by atoms with E-state index >= 15 is 0 Å². The Labute approximate surface area is 189 Å². The van der Waals surface area contributed by atoms with Gasteiger partial charge >= 0.3 is 0 Å². The molecule has 0 aliphatic carbocycles. The van der Waals surface area contributed by atoms with Crippen LogP contribution in [0.2, 0.25) is 5.02 Å². The molecule has 0 saturated carbocycles. The molecule has 0 bridgehead atoms. The minimum absolute atomic E-state index is 0.0490. The molecule has 0 atom stereocenters. The van der Waals surface area contributed by atoms with Crippen LogP contribution in [0.5, 0.6) is 11.5 Å². The minimum atomic E-state index is -0.535. The summed E-state index contributed by atoms with van der Waals surface area (Å²) in [5.41, 5.74) is 2.25. The van der Waals surface area contributed by atoms with Crippen LogP contribution in [0.1, 0.15) is 17.4 Å². The van der Waals surface area contributed by atoms with Crippen LogP contribution in [0.3, 0.4) is 0 Å². The quantitative estimate of drug-likeness (QED) is 0.365. The zero-order valence-corrected chi connectivity index (χ0v) is 18.8. The van der Waals surface area contributed by atoms with E-state index in [0.717, 1.165) is 16.1 Å². The second-order valence-corrected chi connectivity index (χ2v) is 8.04. The first kappa shape index (κ1) is 22.3. The van der Waals surface area contributed by atoms with Crippen LogP contribution >= 0.6 is 22.9 Å². The fourth-order valence-corrected chi connectivity index (χ4v) is 3.81. The molecular weight excluding hydrogens is 434 g/mol. The maximum absolute atomic E-state index is 12.7. The highest BCUT2D eigenvalue weighted by Gasteiger charge is 2.15. The van der Waals surface area contributed by atoms with E-state index in [-0.39, 0.29) is 5.57 Å². The van der Waals surface area contributed by atoms with Crippen LogP contribution in [-0.4, -0.2) is 24.6 Å². The van der Waals surface area contributed by atoms with Gasteiger partial charge in [-0.05, 0) is 49.8 Å². The largest absolute Gasteiger partial charge is 0.493 e. The van der Waals surface area contributed by atoms with Crippen molar-refractivity contribution in [1.29, 1.82) is 5.26 Å². The average Bonchev–Trinajstić information content (AvgIpc) is 3.13. The van der Waals surface area contributed by atoms with Crippen molar-refractivity contribution in [3.63, 3.8) is 0 Å². The number of hydrogen-bond donors (Lipinski definition) is 1. The van der Waals surface area contributed by atoms with Crippen LogP contribution in [0.4, 0.5) is 5.13 Å². The van der Waals surface area contributed by atoms with E-state index in [1.165, 1.54) is 24.5 Å². The normalized spacial score (nSPS) is 11.0. The van der Waals surface area contributed by atoms with Gasteiger partial charge in [-0.1, -0.05) is 29.8 Å². The molecule has 1 heterocycles. The van der Waals surface area contributed by atoms with E-state index in [4.69, 9.17) is 21.1 Å². The smallest absolute Gasteiger partial charge is 0.268 e. The third kappa shape index (κ3) is 5.43. The molecule has 0 aliphatic heterocycles. The fourth-order valence-electron chi connectivity index (χ4n) is 2.85. The van der Waals surface area contributed by atoms with Gasteiger partial charge in [0.15, 0.2) is 16.6 Å². The van der Waals surface area contributed by atoms with Crippen molar-refractivity contribution in [2.75, 3.05) is 19.0 Å². The van der Waals surface area contributed by atoms with Crippen molar-refractivity contribution >= 4 is 40.1 Å². The monoisotopic (exact) mass is 453 g/mol. The van der Waals surface area contributed by atoms with E-state index in [0.29, 0.717) is 33.8 Å². The average molecular weight is 454 g/mol. The molecule has 0 fully saturated rings. The zero-order valence-electron chi connectivity index (χ0n) is 17.2. The second kappa shape index (κ2) is 10.1. The van der Waals surface area contributed by atoms with E-state index < -0.39 is 5.91 Å². The Morgan fingerprint density at radius 3 is 2.65 bits per heavy atom. The third-order valence-corrected chi connectivity index (χ3v) is 5.44. The first-order chi connectivity index (χ1) is 14.9. The van der Waals surface area contributed by atoms with Crippen molar-refractivity contribution in [2.45, 2.75) is 13.8 Å². The van der Waals surface area contributed by atoms with Gasteiger partial charge in [0.1, 0.15) is 11.6 Å². The number of anilines is 1. The number of nitrogens with one attached hydrogen (secondary N) is 1. The Morgan fingerprint density at radius 2 is 2.00 bits per heavy atom. The Balaban J connectivity index is 1.81. The maximum atomic E-state index is 12.7. The predicted molar refractivity (Wildman–Crippen MR) is 124 cm³/mol. The summed E-state index contributed by atoms with van der Waals surface area (Å²) in [6, 6.07) is 14.5. The number of benzene rings is 2. The summed E-state index contributed by atoms with van der Waals surface area (Å²) in [6.45, 7) is 4.30. The highest BCUT2D eigenvalue weighted by Crippen LogP contribution is 2.32. The molecule has 8 heteroatoms. The first-order valence-electron chi connectivity index (χ1n) is 9.42. The lowest BCUT2D eigenvalue weighted by atomic mass is 10.1. The molecule has 3 rings (SSSR count). The number of nitriles is 1. The van der Waals surface area contributed by atoms with Crippen LogP contribution in [0.25, 0.3) is 17.3 Å². The molecule has 0 saturated heterocycles. The van der Waals surface area contributed by atoms with Gasteiger partial charge in [0.05, 0.1) is 19.4 Å². The van der Waals surface area contributed by atoms with E-state index in [9.17, 15) is 10.1 Å². The minimum Gasteiger partial charge on any atom is -0.493 e. The SMILES string of the molecule is CCOc1ccc(/C=C(\C#N)C(=O)Nc2nc(-c3ccc(Cl)cc3)c(C)s2)cc1OC. The van der Waals surface area contributed by atoms with Gasteiger partial charge in [-0.3, -0.25) is 10.1 Å². The van der Waals surface area contributed by atoms with Crippen molar-refractivity contribution in [2.24, 2.45) is 0 Å². The number of rotatable bonds is 7. The number of nitrogens with zero attached hydrogens (tertiary/aromatic N) is 2. The number of amides is 1. The van der Waals surface area contributed by atoms with Crippen LogP contribution in [0.15, 0.2) is 48.0 Å². The Morgan fingerprint density at radius 1 is 1.26 bits per heavy atom. The van der Waals surface area contributed by atoms with Crippen LogP contribution in [0, 0.1) is 18.3 Å². The van der Waals surface area contributed by atoms with Crippen LogP contribution in [-0.2, 0) is 4.79 Å². The molecule has 158 valence electrons. The Hall–Kier alpha value is -3.34. The standard InChI is InChI=1S/C23H20ClN3O3S/c1-4-30-19-10-5-15(12-20(19)29-3)11-17(13-25)22(28)27-23-26-21(14(2)31-23)16-6-8-18(24)9-7-16/h5-12H,4H2,1-3H3,(H,26,27,28)/b17-11+. The molecular formula is C23H20ClN3O3S. The predicted octanol–water partition coefficient (Wildman–Crippen LogP) is 5.72. The number of aromatic nitrogens is 1. The maximum Gasteiger partial charge on any atom is 0.268 e. The number of aryl methyl sites for hydroxylation is 1. The number of halogens is 1. The number of carbonyl (C=O) groups excluding carboxylic acids is 1. The number of thiazole rings is 1.